The summed E-state index contributed by atoms with van der Waals surface area (Å²) in [4.78, 5) is 2.66. The first-order valence-corrected chi connectivity index (χ1v) is 7.41. The van der Waals surface area contributed by atoms with Gasteiger partial charge in [0.15, 0.2) is 0 Å². The van der Waals surface area contributed by atoms with E-state index in [0.717, 1.165) is 12.0 Å². The fourth-order valence-corrected chi connectivity index (χ4v) is 3.01. The second-order valence-corrected chi connectivity index (χ2v) is 5.79. The molecule has 1 N–H and O–H groups in total. The number of hydrogen-bond acceptors (Lipinski definition) is 2. The van der Waals surface area contributed by atoms with Crippen LogP contribution < -0.4 is 5.32 Å². The van der Waals surface area contributed by atoms with Crippen LogP contribution >= 0.6 is 0 Å². The Kier molecular flexibility index (Phi) is 3.96. The summed E-state index contributed by atoms with van der Waals surface area (Å²) in [6.45, 7) is 4.96. The maximum atomic E-state index is 3.68. The Morgan fingerprint density at radius 1 is 1.17 bits per heavy atom. The Morgan fingerprint density at radius 3 is 2.78 bits per heavy atom. The van der Waals surface area contributed by atoms with E-state index in [9.17, 15) is 0 Å². The Balaban J connectivity index is 1.40. The van der Waals surface area contributed by atoms with E-state index in [-0.39, 0.29) is 0 Å². The van der Waals surface area contributed by atoms with Crippen LogP contribution in [0, 0.1) is 5.92 Å². The molecule has 1 aromatic rings. The lowest BCUT2D eigenvalue weighted by atomic mass is 10.1. The molecule has 2 fully saturated rings. The topological polar surface area (TPSA) is 15.3 Å². The fraction of sp³-hybridized carbons (Fsp3) is 0.625. The van der Waals surface area contributed by atoms with Gasteiger partial charge in [0.05, 0.1) is 0 Å². The summed E-state index contributed by atoms with van der Waals surface area (Å²) in [5, 5.41) is 3.68. The fourth-order valence-electron chi connectivity index (χ4n) is 3.01. The van der Waals surface area contributed by atoms with Crippen LogP contribution in [0.1, 0.15) is 24.8 Å². The van der Waals surface area contributed by atoms with E-state index in [1.54, 1.807) is 0 Å². The minimum Gasteiger partial charge on any atom is -0.311 e. The molecule has 0 spiro atoms. The third-order valence-corrected chi connectivity index (χ3v) is 4.26. The van der Waals surface area contributed by atoms with E-state index in [1.807, 2.05) is 0 Å². The largest absolute Gasteiger partial charge is 0.311 e. The molecule has 3 rings (SSSR count). The summed E-state index contributed by atoms with van der Waals surface area (Å²) in [7, 11) is 0. The van der Waals surface area contributed by atoms with Gasteiger partial charge in [-0.25, -0.2) is 0 Å². The Morgan fingerprint density at radius 2 is 2.00 bits per heavy atom. The van der Waals surface area contributed by atoms with Crippen LogP contribution in [0.2, 0.25) is 0 Å². The van der Waals surface area contributed by atoms with Gasteiger partial charge in [-0.2, -0.15) is 0 Å². The van der Waals surface area contributed by atoms with E-state index in [1.165, 1.54) is 57.4 Å². The van der Waals surface area contributed by atoms with Gasteiger partial charge < -0.3 is 10.2 Å². The van der Waals surface area contributed by atoms with Gasteiger partial charge in [-0.1, -0.05) is 30.3 Å². The molecule has 1 aliphatic carbocycles. The van der Waals surface area contributed by atoms with Crippen LogP contribution in [0.15, 0.2) is 30.3 Å². The molecule has 0 bridgehead atoms. The average Bonchev–Trinajstić information content (AvgIpc) is 3.25. The second-order valence-electron chi connectivity index (χ2n) is 5.79. The van der Waals surface area contributed by atoms with Crippen LogP contribution in [0.3, 0.4) is 0 Å². The van der Waals surface area contributed by atoms with Crippen molar-refractivity contribution in [2.75, 3.05) is 26.2 Å². The number of piperazine rings is 1. The Hall–Kier alpha value is -0.860. The highest BCUT2D eigenvalue weighted by molar-refractivity contribution is 5.14. The molecular weight excluding hydrogens is 220 g/mol. The van der Waals surface area contributed by atoms with Gasteiger partial charge in [-0.3, -0.25) is 0 Å². The molecule has 2 heteroatoms. The predicted molar refractivity (Wildman–Crippen MR) is 75.7 cm³/mol. The van der Waals surface area contributed by atoms with E-state index < -0.39 is 0 Å². The third-order valence-electron chi connectivity index (χ3n) is 4.26. The smallest absolute Gasteiger partial charge is 0.0223 e. The molecule has 0 aromatic heterocycles. The molecule has 1 unspecified atom stereocenters. The lowest BCUT2D eigenvalue weighted by Gasteiger charge is -2.33. The van der Waals surface area contributed by atoms with Gasteiger partial charge >= 0.3 is 0 Å². The van der Waals surface area contributed by atoms with Gasteiger partial charge in [-0.05, 0) is 43.7 Å². The molecule has 2 nitrogen and oxygen atoms in total. The number of nitrogens with one attached hydrogen (secondary N) is 1. The Labute approximate surface area is 110 Å². The molecule has 98 valence electrons. The van der Waals surface area contributed by atoms with Crippen molar-refractivity contribution in [1.29, 1.82) is 0 Å². The van der Waals surface area contributed by atoms with Gasteiger partial charge in [-0.15, -0.1) is 0 Å². The second kappa shape index (κ2) is 5.85. The zero-order valence-corrected chi connectivity index (χ0v) is 11.1. The zero-order chi connectivity index (χ0) is 12.2. The van der Waals surface area contributed by atoms with Crippen molar-refractivity contribution in [3.05, 3.63) is 35.9 Å². The van der Waals surface area contributed by atoms with Crippen molar-refractivity contribution in [3.8, 4) is 0 Å². The van der Waals surface area contributed by atoms with Gasteiger partial charge in [0, 0.05) is 25.7 Å². The van der Waals surface area contributed by atoms with Crippen LogP contribution in [0.5, 0.6) is 0 Å². The van der Waals surface area contributed by atoms with Gasteiger partial charge in [0.1, 0.15) is 0 Å². The van der Waals surface area contributed by atoms with E-state index >= 15 is 0 Å². The van der Waals surface area contributed by atoms with Gasteiger partial charge in [0.25, 0.3) is 0 Å². The standard InChI is InChI=1S/C16H24N2/c1-2-5-14(6-3-1)7-4-11-18-12-10-17-16(13-18)15-8-9-15/h1-3,5-6,15-17H,4,7-13H2. The number of hydrogen-bond donors (Lipinski definition) is 1. The number of rotatable bonds is 5. The molecule has 0 radical (unpaired) electrons. The first-order valence-electron chi connectivity index (χ1n) is 7.41. The van der Waals surface area contributed by atoms with Crippen molar-refractivity contribution in [2.45, 2.75) is 31.7 Å². The summed E-state index contributed by atoms with van der Waals surface area (Å²) < 4.78 is 0. The lowest BCUT2D eigenvalue weighted by Crippen LogP contribution is -2.51. The first kappa shape index (κ1) is 12.2. The van der Waals surface area contributed by atoms with E-state index in [0.29, 0.717) is 0 Å². The highest BCUT2D eigenvalue weighted by Gasteiger charge is 2.33. The average molecular weight is 244 g/mol. The van der Waals surface area contributed by atoms with Crippen molar-refractivity contribution in [3.63, 3.8) is 0 Å². The predicted octanol–water partition coefficient (Wildman–Crippen LogP) is 2.30. The third kappa shape index (κ3) is 3.33. The number of nitrogens with zero attached hydrogens (tertiary/aromatic N) is 1. The van der Waals surface area contributed by atoms with Crippen molar-refractivity contribution in [2.24, 2.45) is 5.92 Å². The quantitative estimate of drug-likeness (QED) is 0.855. The number of aryl methyl sites for hydroxylation is 1. The monoisotopic (exact) mass is 244 g/mol. The van der Waals surface area contributed by atoms with Crippen LogP contribution in [0.4, 0.5) is 0 Å². The summed E-state index contributed by atoms with van der Waals surface area (Å²) in [5.41, 5.74) is 1.48. The number of benzene rings is 1. The van der Waals surface area contributed by atoms with Crippen molar-refractivity contribution < 1.29 is 0 Å². The van der Waals surface area contributed by atoms with Crippen molar-refractivity contribution >= 4 is 0 Å². The SMILES string of the molecule is c1ccc(CCCN2CCNC(C3CC3)C2)cc1. The maximum Gasteiger partial charge on any atom is 0.0223 e. The summed E-state index contributed by atoms with van der Waals surface area (Å²) in [6.07, 6.45) is 5.42. The van der Waals surface area contributed by atoms with Crippen LogP contribution in [-0.4, -0.2) is 37.1 Å². The summed E-state index contributed by atoms with van der Waals surface area (Å²) >= 11 is 0. The van der Waals surface area contributed by atoms with E-state index in [2.05, 4.69) is 40.5 Å². The van der Waals surface area contributed by atoms with E-state index in [4.69, 9.17) is 0 Å². The maximum absolute atomic E-state index is 3.68. The zero-order valence-electron chi connectivity index (χ0n) is 11.1. The molecule has 1 saturated carbocycles. The summed E-state index contributed by atoms with van der Waals surface area (Å²) in [6, 6.07) is 11.7. The summed E-state index contributed by atoms with van der Waals surface area (Å²) in [5.74, 6) is 0.988. The highest BCUT2D eigenvalue weighted by atomic mass is 15.2. The van der Waals surface area contributed by atoms with Crippen molar-refractivity contribution in [1.82, 2.24) is 10.2 Å². The lowest BCUT2D eigenvalue weighted by molar-refractivity contribution is 0.187. The highest BCUT2D eigenvalue weighted by Crippen LogP contribution is 2.33. The molecule has 1 atom stereocenters. The molecule has 1 heterocycles. The van der Waals surface area contributed by atoms with Crippen LogP contribution in [-0.2, 0) is 6.42 Å². The molecule has 1 aromatic carbocycles. The first-order chi connectivity index (χ1) is 8.92. The Bertz CT molecular complexity index is 359. The molecular formula is C16H24N2. The van der Waals surface area contributed by atoms with Gasteiger partial charge in [0.2, 0.25) is 0 Å². The minimum absolute atomic E-state index is 0.787. The van der Waals surface area contributed by atoms with Crippen LogP contribution in [0.25, 0.3) is 0 Å². The molecule has 18 heavy (non-hydrogen) atoms. The molecule has 0 amide bonds. The molecule has 1 saturated heterocycles. The normalized spacial score (nSPS) is 25.2. The molecule has 1 aliphatic heterocycles. The molecule has 2 aliphatic rings. The minimum atomic E-state index is 0.787.